The molecule has 1 aromatic rings. The van der Waals surface area contributed by atoms with Crippen LogP contribution in [-0.2, 0) is 10.5 Å². The molecule has 1 aromatic carbocycles. The van der Waals surface area contributed by atoms with Gasteiger partial charge in [-0.3, -0.25) is 4.90 Å². The summed E-state index contributed by atoms with van der Waals surface area (Å²) in [4.78, 5) is 23.3. The molecule has 1 aliphatic rings. The Hall–Kier alpha value is -2.08. The molecule has 0 fully saturated rings. The Labute approximate surface area is 91.1 Å². The summed E-state index contributed by atoms with van der Waals surface area (Å²) >= 11 is 0. The predicted molar refractivity (Wildman–Crippen MR) is 54.8 cm³/mol. The van der Waals surface area contributed by atoms with E-state index in [4.69, 9.17) is 5.11 Å². The highest BCUT2D eigenvalue weighted by atomic mass is 16.4. The Balaban J connectivity index is 2.68. The Bertz CT molecular complexity index is 474. The first kappa shape index (κ1) is 10.4. The van der Waals surface area contributed by atoms with Crippen molar-refractivity contribution in [2.45, 2.75) is 5.72 Å². The predicted octanol–water partition coefficient (Wildman–Crippen LogP) is 0.394. The molecule has 0 radical (unpaired) electrons. The molecule has 2 rings (SSSR count). The molecule has 0 spiro atoms. The van der Waals surface area contributed by atoms with Crippen LogP contribution in [0.1, 0.15) is 5.56 Å². The number of urea groups is 1. The summed E-state index contributed by atoms with van der Waals surface area (Å²) in [6.45, 7) is 0. The fraction of sp³-hybridized carbons (Fsp3) is 0.200. The van der Waals surface area contributed by atoms with Crippen molar-refractivity contribution in [3.63, 3.8) is 0 Å². The fourth-order valence-corrected chi connectivity index (χ4v) is 1.68. The maximum atomic E-state index is 11.5. The van der Waals surface area contributed by atoms with Gasteiger partial charge in [-0.15, -0.1) is 0 Å². The van der Waals surface area contributed by atoms with Crippen molar-refractivity contribution in [3.8, 4) is 0 Å². The molecule has 2 amide bonds. The monoisotopic (exact) mass is 222 g/mol. The number of benzene rings is 1. The molecule has 1 unspecified atom stereocenters. The lowest BCUT2D eigenvalue weighted by atomic mass is 9.97. The zero-order valence-electron chi connectivity index (χ0n) is 8.47. The zero-order valence-corrected chi connectivity index (χ0v) is 8.47. The topological polar surface area (TPSA) is 89.9 Å². The van der Waals surface area contributed by atoms with Gasteiger partial charge in [-0.25, -0.2) is 9.59 Å². The van der Waals surface area contributed by atoms with Crippen LogP contribution in [0.3, 0.4) is 0 Å². The van der Waals surface area contributed by atoms with Crippen molar-refractivity contribution in [1.82, 2.24) is 4.90 Å². The third-order valence-electron chi connectivity index (χ3n) is 2.63. The molecule has 1 atom stereocenters. The zero-order chi connectivity index (χ0) is 11.9. The quantitative estimate of drug-likeness (QED) is 0.641. The third kappa shape index (κ3) is 1.17. The number of rotatable bonds is 1. The van der Waals surface area contributed by atoms with Crippen LogP contribution in [0.25, 0.3) is 0 Å². The number of carbonyl (C=O) groups is 2. The number of carboxylic acids is 1. The average Bonchev–Trinajstić information content (AvgIpc) is 2.26. The highest BCUT2D eigenvalue weighted by Gasteiger charge is 2.49. The molecule has 0 saturated carbocycles. The average molecular weight is 222 g/mol. The number of aliphatic carboxylic acids is 1. The van der Waals surface area contributed by atoms with E-state index in [1.54, 1.807) is 12.1 Å². The van der Waals surface area contributed by atoms with E-state index < -0.39 is 17.7 Å². The molecular weight excluding hydrogens is 212 g/mol. The van der Waals surface area contributed by atoms with Crippen LogP contribution in [0.2, 0.25) is 0 Å². The lowest BCUT2D eigenvalue weighted by molar-refractivity contribution is -0.176. The Morgan fingerprint density at radius 3 is 2.69 bits per heavy atom. The molecule has 0 aliphatic carbocycles. The van der Waals surface area contributed by atoms with Gasteiger partial charge in [0.25, 0.3) is 5.72 Å². The standard InChI is InChI=1S/C10H10N2O4/c1-12-9(15)11-7-5-3-2-4-6(7)10(12,16)8(13)14/h2-5,16H,1H3,(H,11,15)(H,13,14). The molecule has 16 heavy (non-hydrogen) atoms. The van der Waals surface area contributed by atoms with Gasteiger partial charge < -0.3 is 15.5 Å². The minimum atomic E-state index is -2.32. The van der Waals surface area contributed by atoms with E-state index in [9.17, 15) is 14.7 Å². The van der Waals surface area contributed by atoms with Gasteiger partial charge in [0, 0.05) is 12.6 Å². The molecule has 84 valence electrons. The minimum Gasteiger partial charge on any atom is -0.477 e. The second kappa shape index (κ2) is 3.21. The maximum Gasteiger partial charge on any atom is 0.362 e. The number of anilines is 1. The second-order valence-corrected chi connectivity index (χ2v) is 3.51. The van der Waals surface area contributed by atoms with Gasteiger partial charge in [0.05, 0.1) is 5.69 Å². The summed E-state index contributed by atoms with van der Waals surface area (Å²) in [6.07, 6.45) is 0. The first-order valence-corrected chi connectivity index (χ1v) is 4.58. The summed E-state index contributed by atoms with van der Waals surface area (Å²) in [6, 6.07) is 5.57. The fourth-order valence-electron chi connectivity index (χ4n) is 1.68. The van der Waals surface area contributed by atoms with Crippen molar-refractivity contribution >= 4 is 17.7 Å². The van der Waals surface area contributed by atoms with Crippen LogP contribution >= 0.6 is 0 Å². The number of hydrogen-bond donors (Lipinski definition) is 3. The van der Waals surface area contributed by atoms with Crippen LogP contribution in [0.15, 0.2) is 24.3 Å². The number of amides is 2. The highest BCUT2D eigenvalue weighted by Crippen LogP contribution is 2.35. The summed E-state index contributed by atoms with van der Waals surface area (Å²) < 4.78 is 0. The van der Waals surface area contributed by atoms with E-state index in [2.05, 4.69) is 5.32 Å². The van der Waals surface area contributed by atoms with E-state index in [-0.39, 0.29) is 5.56 Å². The maximum absolute atomic E-state index is 11.5. The SMILES string of the molecule is CN1C(=O)Nc2ccccc2C1(O)C(=O)O. The van der Waals surface area contributed by atoms with Crippen LogP contribution in [-0.4, -0.2) is 34.2 Å². The Kier molecular flexibility index (Phi) is 2.09. The van der Waals surface area contributed by atoms with Crippen LogP contribution in [0, 0.1) is 0 Å². The molecular formula is C10H10N2O4. The van der Waals surface area contributed by atoms with Crippen molar-refractivity contribution < 1.29 is 19.8 Å². The number of carbonyl (C=O) groups excluding carboxylic acids is 1. The normalized spacial score (nSPS) is 23.6. The van der Waals surface area contributed by atoms with Gasteiger partial charge in [-0.05, 0) is 6.07 Å². The lowest BCUT2D eigenvalue weighted by Crippen LogP contribution is -2.57. The number of carboxylic acid groups (broad SMARTS) is 1. The van der Waals surface area contributed by atoms with Crippen molar-refractivity contribution in [1.29, 1.82) is 0 Å². The molecule has 0 bridgehead atoms. The summed E-state index contributed by atoms with van der Waals surface area (Å²) in [5, 5.41) is 21.6. The van der Waals surface area contributed by atoms with Crippen molar-refractivity contribution in [2.24, 2.45) is 0 Å². The number of hydrogen-bond acceptors (Lipinski definition) is 3. The van der Waals surface area contributed by atoms with Gasteiger partial charge in [-0.2, -0.15) is 0 Å². The van der Waals surface area contributed by atoms with Gasteiger partial charge in [0.15, 0.2) is 0 Å². The largest absolute Gasteiger partial charge is 0.477 e. The number of nitrogens with one attached hydrogen (secondary N) is 1. The first-order chi connectivity index (χ1) is 7.48. The van der Waals surface area contributed by atoms with Gasteiger partial charge in [0.1, 0.15) is 0 Å². The first-order valence-electron chi connectivity index (χ1n) is 4.58. The smallest absolute Gasteiger partial charge is 0.362 e. The van der Waals surface area contributed by atoms with E-state index in [1.807, 2.05) is 0 Å². The molecule has 1 heterocycles. The summed E-state index contributed by atoms with van der Waals surface area (Å²) in [5.41, 5.74) is -1.88. The van der Waals surface area contributed by atoms with Crippen LogP contribution < -0.4 is 5.32 Å². The van der Waals surface area contributed by atoms with Crippen molar-refractivity contribution in [2.75, 3.05) is 12.4 Å². The van der Waals surface area contributed by atoms with Crippen molar-refractivity contribution in [3.05, 3.63) is 29.8 Å². The number of nitrogens with zero attached hydrogens (tertiary/aromatic N) is 1. The van der Waals surface area contributed by atoms with E-state index in [0.717, 1.165) is 4.90 Å². The Morgan fingerprint density at radius 1 is 1.44 bits per heavy atom. The van der Waals surface area contributed by atoms with Gasteiger partial charge in [0.2, 0.25) is 0 Å². The molecule has 6 nitrogen and oxygen atoms in total. The number of aliphatic hydroxyl groups is 1. The van der Waals surface area contributed by atoms with Crippen LogP contribution in [0.5, 0.6) is 0 Å². The molecule has 3 N–H and O–H groups in total. The number of para-hydroxylation sites is 1. The van der Waals surface area contributed by atoms with E-state index >= 15 is 0 Å². The van der Waals surface area contributed by atoms with E-state index in [1.165, 1.54) is 19.2 Å². The lowest BCUT2D eigenvalue weighted by Gasteiger charge is -2.38. The van der Waals surface area contributed by atoms with Gasteiger partial charge >= 0.3 is 12.0 Å². The second-order valence-electron chi connectivity index (χ2n) is 3.51. The minimum absolute atomic E-state index is 0.143. The highest BCUT2D eigenvalue weighted by molar-refractivity contribution is 5.98. The molecule has 1 aliphatic heterocycles. The van der Waals surface area contributed by atoms with Gasteiger partial charge in [-0.1, -0.05) is 18.2 Å². The third-order valence-corrected chi connectivity index (χ3v) is 2.63. The van der Waals surface area contributed by atoms with Crippen LogP contribution in [0.4, 0.5) is 10.5 Å². The summed E-state index contributed by atoms with van der Waals surface area (Å²) in [5.74, 6) is -1.49. The Morgan fingerprint density at radius 2 is 2.06 bits per heavy atom. The number of likely N-dealkylation sites (N-methyl/N-ethyl adjacent to an activating group) is 1. The summed E-state index contributed by atoms with van der Waals surface area (Å²) in [7, 11) is 1.22. The number of fused-ring (bicyclic) bond motifs is 1. The van der Waals surface area contributed by atoms with E-state index in [0.29, 0.717) is 5.69 Å². The molecule has 0 aromatic heterocycles. The molecule has 0 saturated heterocycles. The molecule has 6 heteroatoms.